The Kier molecular flexibility index (Phi) is 9.43. The largest absolute Gasteiger partial charge is 0.378 e. The average Bonchev–Trinajstić information content (AvgIpc) is 2.49. The maximum Gasteiger partial charge on any atom is 0.251 e. The summed E-state index contributed by atoms with van der Waals surface area (Å²) in [6.07, 6.45) is 0.999. The minimum Gasteiger partial charge on any atom is -0.378 e. The van der Waals surface area contributed by atoms with E-state index < -0.39 is 0 Å². The van der Waals surface area contributed by atoms with Gasteiger partial charge in [0.2, 0.25) is 0 Å². The van der Waals surface area contributed by atoms with Crippen molar-refractivity contribution >= 4 is 33.2 Å². The molecule has 0 unspecified atom stereocenters. The maximum atomic E-state index is 12.1. The van der Waals surface area contributed by atoms with Crippen LogP contribution in [-0.4, -0.2) is 63.6 Å². The fourth-order valence-electron chi connectivity index (χ4n) is 1.70. The first-order chi connectivity index (χ1) is 10.5. The van der Waals surface area contributed by atoms with Crippen molar-refractivity contribution in [2.45, 2.75) is 6.42 Å². The second kappa shape index (κ2) is 10.8. The molecule has 22 heavy (non-hydrogen) atoms. The zero-order chi connectivity index (χ0) is 16.4. The van der Waals surface area contributed by atoms with E-state index in [1.807, 2.05) is 64.8 Å². The molecule has 0 aliphatic heterocycles. The van der Waals surface area contributed by atoms with Gasteiger partial charge in [-0.25, -0.2) is 0 Å². The van der Waals surface area contributed by atoms with Crippen LogP contribution in [0.5, 0.6) is 0 Å². The van der Waals surface area contributed by atoms with Crippen LogP contribution in [0.3, 0.4) is 0 Å². The maximum absolute atomic E-state index is 12.1. The molecule has 6 heteroatoms. The van der Waals surface area contributed by atoms with E-state index in [-0.39, 0.29) is 5.91 Å². The summed E-state index contributed by atoms with van der Waals surface area (Å²) in [5, 5.41) is 2.99. The third-order valence-corrected chi connectivity index (χ3v) is 5.49. The van der Waals surface area contributed by atoms with Crippen LogP contribution >= 0.6 is 21.6 Å². The standard InChI is InChI=1S/C16H27N3OS2/c1-18(2)10-12-22-21-11-6-9-17-16(20)14-7-5-8-15(13-14)19(3)4/h5,7-8,13H,6,9-12H2,1-4H3,(H,17,20). The SMILES string of the molecule is CN(C)CCSSCCCNC(=O)c1cccc(N(C)C)c1. The lowest BCUT2D eigenvalue weighted by atomic mass is 10.2. The zero-order valence-electron chi connectivity index (χ0n) is 14.0. The molecular weight excluding hydrogens is 314 g/mol. The molecular formula is C16H27N3OS2. The van der Waals surface area contributed by atoms with Crippen molar-refractivity contribution in [2.75, 3.05) is 57.7 Å². The van der Waals surface area contributed by atoms with Gasteiger partial charge in [0.25, 0.3) is 5.91 Å². The Balaban J connectivity index is 2.17. The first kappa shape index (κ1) is 19.2. The van der Waals surface area contributed by atoms with Crippen molar-refractivity contribution in [3.8, 4) is 0 Å². The van der Waals surface area contributed by atoms with Crippen molar-refractivity contribution < 1.29 is 4.79 Å². The van der Waals surface area contributed by atoms with E-state index in [2.05, 4.69) is 24.3 Å². The number of carbonyl (C=O) groups is 1. The summed E-state index contributed by atoms with van der Waals surface area (Å²) in [5.41, 5.74) is 1.76. The van der Waals surface area contributed by atoms with E-state index in [0.717, 1.165) is 42.3 Å². The molecule has 0 radical (unpaired) electrons. The molecule has 1 amide bonds. The van der Waals surface area contributed by atoms with Crippen LogP contribution in [0.1, 0.15) is 16.8 Å². The van der Waals surface area contributed by atoms with Crippen LogP contribution in [0.15, 0.2) is 24.3 Å². The van der Waals surface area contributed by atoms with Crippen LogP contribution in [-0.2, 0) is 0 Å². The Bertz CT molecular complexity index is 453. The number of hydrogen-bond donors (Lipinski definition) is 1. The number of nitrogens with zero attached hydrogens (tertiary/aromatic N) is 2. The van der Waals surface area contributed by atoms with Crippen molar-refractivity contribution in [3.63, 3.8) is 0 Å². The van der Waals surface area contributed by atoms with Gasteiger partial charge in [-0.3, -0.25) is 4.79 Å². The number of hydrogen-bond acceptors (Lipinski definition) is 5. The molecule has 0 aliphatic carbocycles. The van der Waals surface area contributed by atoms with Gasteiger partial charge in [-0.2, -0.15) is 0 Å². The molecule has 0 saturated heterocycles. The fourth-order valence-corrected chi connectivity index (χ4v) is 3.92. The molecule has 0 bridgehead atoms. The summed E-state index contributed by atoms with van der Waals surface area (Å²) in [6.45, 7) is 1.84. The first-order valence-electron chi connectivity index (χ1n) is 7.45. The lowest BCUT2D eigenvalue weighted by molar-refractivity contribution is 0.0954. The highest BCUT2D eigenvalue weighted by atomic mass is 33.1. The molecule has 0 saturated carbocycles. The van der Waals surface area contributed by atoms with Crippen LogP contribution in [0, 0.1) is 0 Å². The molecule has 1 rings (SSSR count). The minimum absolute atomic E-state index is 0.00830. The summed E-state index contributed by atoms with van der Waals surface area (Å²) in [4.78, 5) is 16.3. The Morgan fingerprint density at radius 1 is 1.14 bits per heavy atom. The second-order valence-corrected chi connectivity index (χ2v) is 8.20. The van der Waals surface area contributed by atoms with E-state index >= 15 is 0 Å². The van der Waals surface area contributed by atoms with Gasteiger partial charge in [0.15, 0.2) is 0 Å². The molecule has 1 aromatic rings. The molecule has 0 aromatic heterocycles. The highest BCUT2D eigenvalue weighted by molar-refractivity contribution is 8.76. The van der Waals surface area contributed by atoms with Gasteiger partial charge in [0.1, 0.15) is 0 Å². The smallest absolute Gasteiger partial charge is 0.251 e. The van der Waals surface area contributed by atoms with Gasteiger partial charge >= 0.3 is 0 Å². The molecule has 0 spiro atoms. The molecule has 0 atom stereocenters. The van der Waals surface area contributed by atoms with Gasteiger partial charge in [-0.1, -0.05) is 27.7 Å². The quantitative estimate of drug-likeness (QED) is 0.523. The molecule has 1 N–H and O–H groups in total. The summed E-state index contributed by atoms with van der Waals surface area (Å²) < 4.78 is 0. The highest BCUT2D eigenvalue weighted by Crippen LogP contribution is 2.21. The van der Waals surface area contributed by atoms with Crippen LogP contribution in [0.4, 0.5) is 5.69 Å². The van der Waals surface area contributed by atoms with Gasteiger partial charge in [0.05, 0.1) is 0 Å². The van der Waals surface area contributed by atoms with Crippen molar-refractivity contribution in [3.05, 3.63) is 29.8 Å². The topological polar surface area (TPSA) is 35.6 Å². The summed E-state index contributed by atoms with van der Waals surface area (Å²) in [6, 6.07) is 7.69. The van der Waals surface area contributed by atoms with Crippen LogP contribution in [0.2, 0.25) is 0 Å². The van der Waals surface area contributed by atoms with E-state index in [9.17, 15) is 4.79 Å². The number of carbonyl (C=O) groups excluding carboxylic acids is 1. The molecule has 1 aromatic carbocycles. The predicted molar refractivity (Wildman–Crippen MR) is 101 cm³/mol. The minimum atomic E-state index is 0.00830. The number of anilines is 1. The van der Waals surface area contributed by atoms with Gasteiger partial charge in [-0.05, 0) is 38.7 Å². The fraction of sp³-hybridized carbons (Fsp3) is 0.562. The predicted octanol–water partition coefficient (Wildman–Crippen LogP) is 2.82. The van der Waals surface area contributed by atoms with Gasteiger partial charge in [-0.15, -0.1) is 0 Å². The van der Waals surface area contributed by atoms with Crippen molar-refractivity contribution in [1.82, 2.24) is 10.2 Å². The lowest BCUT2D eigenvalue weighted by Gasteiger charge is -2.13. The third-order valence-electron chi connectivity index (χ3n) is 3.02. The molecule has 4 nitrogen and oxygen atoms in total. The second-order valence-electron chi connectivity index (χ2n) is 5.50. The summed E-state index contributed by atoms with van der Waals surface area (Å²) in [7, 11) is 11.9. The van der Waals surface area contributed by atoms with Crippen LogP contribution in [0.25, 0.3) is 0 Å². The van der Waals surface area contributed by atoms with Crippen LogP contribution < -0.4 is 10.2 Å². The zero-order valence-corrected chi connectivity index (χ0v) is 15.6. The normalized spacial score (nSPS) is 10.8. The molecule has 124 valence electrons. The molecule has 0 fully saturated rings. The van der Waals surface area contributed by atoms with E-state index in [4.69, 9.17) is 0 Å². The highest BCUT2D eigenvalue weighted by Gasteiger charge is 2.06. The van der Waals surface area contributed by atoms with Gasteiger partial charge in [0, 0.05) is 49.9 Å². The Morgan fingerprint density at radius 3 is 2.55 bits per heavy atom. The van der Waals surface area contributed by atoms with E-state index in [0.29, 0.717) is 0 Å². The Hall–Kier alpha value is -0.850. The number of amides is 1. The third kappa shape index (κ3) is 7.96. The number of nitrogens with one attached hydrogen (secondary N) is 1. The van der Waals surface area contributed by atoms with Crippen molar-refractivity contribution in [2.24, 2.45) is 0 Å². The van der Waals surface area contributed by atoms with Crippen molar-refractivity contribution in [1.29, 1.82) is 0 Å². The monoisotopic (exact) mass is 341 g/mol. The lowest BCUT2D eigenvalue weighted by Crippen LogP contribution is -2.25. The van der Waals surface area contributed by atoms with E-state index in [1.54, 1.807) is 0 Å². The Morgan fingerprint density at radius 2 is 1.86 bits per heavy atom. The number of rotatable bonds is 10. The summed E-state index contributed by atoms with van der Waals surface area (Å²) in [5.74, 6) is 2.21. The number of benzene rings is 1. The summed E-state index contributed by atoms with van der Waals surface area (Å²) >= 11 is 0. The average molecular weight is 342 g/mol. The Labute approximate surface area is 142 Å². The molecule has 0 aliphatic rings. The van der Waals surface area contributed by atoms with Gasteiger partial charge < -0.3 is 15.1 Å². The van der Waals surface area contributed by atoms with E-state index in [1.165, 1.54) is 0 Å². The first-order valence-corrected chi connectivity index (χ1v) is 9.94. The molecule has 0 heterocycles.